The van der Waals surface area contributed by atoms with E-state index >= 15 is 0 Å². The van der Waals surface area contributed by atoms with E-state index in [1.807, 2.05) is 36.4 Å². The molecule has 3 rings (SSSR count). The third-order valence-electron chi connectivity index (χ3n) is 4.28. The standard InChI is InChI=1S/C18H18O2/c19-17(20)13-18(16-11-12-16,14-7-3-1-4-8-14)15-9-5-2-6-10-15/h1-10,16H,11-13H2,(H,19,20). The van der Waals surface area contributed by atoms with Gasteiger partial charge in [-0.3, -0.25) is 4.79 Å². The third-order valence-corrected chi connectivity index (χ3v) is 4.28. The molecule has 0 saturated heterocycles. The van der Waals surface area contributed by atoms with Crippen molar-refractivity contribution in [1.29, 1.82) is 0 Å². The fraction of sp³-hybridized carbons (Fsp3) is 0.278. The molecule has 0 bridgehead atoms. The van der Waals surface area contributed by atoms with Gasteiger partial charge in [0.05, 0.1) is 6.42 Å². The van der Waals surface area contributed by atoms with Gasteiger partial charge < -0.3 is 5.11 Å². The van der Waals surface area contributed by atoms with E-state index in [2.05, 4.69) is 24.3 Å². The van der Waals surface area contributed by atoms with Crippen LogP contribution in [0.3, 0.4) is 0 Å². The highest BCUT2D eigenvalue weighted by atomic mass is 16.4. The lowest BCUT2D eigenvalue weighted by molar-refractivity contribution is -0.138. The summed E-state index contributed by atoms with van der Waals surface area (Å²) in [5, 5.41) is 9.45. The molecule has 2 heteroatoms. The van der Waals surface area contributed by atoms with Crippen molar-refractivity contribution in [3.05, 3.63) is 71.8 Å². The zero-order valence-corrected chi connectivity index (χ0v) is 11.3. The Labute approximate surface area is 119 Å². The fourth-order valence-corrected chi connectivity index (χ4v) is 3.27. The molecule has 0 heterocycles. The first-order chi connectivity index (χ1) is 9.73. The number of rotatable bonds is 5. The summed E-state index contributed by atoms with van der Waals surface area (Å²) in [4.78, 5) is 11.5. The second-order valence-corrected chi connectivity index (χ2v) is 5.55. The summed E-state index contributed by atoms with van der Waals surface area (Å²) < 4.78 is 0. The van der Waals surface area contributed by atoms with Crippen LogP contribution in [0, 0.1) is 5.92 Å². The minimum atomic E-state index is -0.732. The van der Waals surface area contributed by atoms with Crippen LogP contribution < -0.4 is 0 Å². The van der Waals surface area contributed by atoms with Gasteiger partial charge in [-0.05, 0) is 29.9 Å². The average molecular weight is 266 g/mol. The van der Waals surface area contributed by atoms with Crippen LogP contribution >= 0.6 is 0 Å². The summed E-state index contributed by atoms with van der Waals surface area (Å²) in [6.45, 7) is 0. The first-order valence-electron chi connectivity index (χ1n) is 7.06. The summed E-state index contributed by atoms with van der Waals surface area (Å²) in [6.07, 6.45) is 2.37. The number of benzene rings is 2. The molecule has 1 aliphatic rings. The second-order valence-electron chi connectivity index (χ2n) is 5.55. The summed E-state index contributed by atoms with van der Waals surface area (Å²) in [6, 6.07) is 20.2. The topological polar surface area (TPSA) is 37.3 Å². The fourth-order valence-electron chi connectivity index (χ4n) is 3.27. The summed E-state index contributed by atoms with van der Waals surface area (Å²) in [7, 11) is 0. The van der Waals surface area contributed by atoms with Gasteiger partial charge in [-0.25, -0.2) is 0 Å². The first-order valence-corrected chi connectivity index (χ1v) is 7.06. The Balaban J connectivity index is 2.17. The van der Waals surface area contributed by atoms with Crippen molar-refractivity contribution in [2.75, 3.05) is 0 Å². The smallest absolute Gasteiger partial charge is 0.304 e. The number of hydrogen-bond donors (Lipinski definition) is 1. The largest absolute Gasteiger partial charge is 0.481 e. The van der Waals surface area contributed by atoms with Crippen LogP contribution in [-0.2, 0) is 10.2 Å². The van der Waals surface area contributed by atoms with Gasteiger partial charge in [-0.15, -0.1) is 0 Å². The highest BCUT2D eigenvalue weighted by Gasteiger charge is 2.48. The van der Waals surface area contributed by atoms with Crippen LogP contribution in [0.5, 0.6) is 0 Å². The first kappa shape index (κ1) is 12.9. The van der Waals surface area contributed by atoms with E-state index in [4.69, 9.17) is 0 Å². The van der Waals surface area contributed by atoms with Crippen LogP contribution in [-0.4, -0.2) is 11.1 Å². The molecule has 2 nitrogen and oxygen atoms in total. The Morgan fingerprint density at radius 3 is 1.75 bits per heavy atom. The highest BCUT2D eigenvalue weighted by molar-refractivity contribution is 5.71. The SMILES string of the molecule is O=C(O)CC(c1ccccc1)(c1ccccc1)C1CC1. The lowest BCUT2D eigenvalue weighted by Crippen LogP contribution is -2.33. The van der Waals surface area contributed by atoms with Crippen molar-refractivity contribution in [1.82, 2.24) is 0 Å². The Kier molecular flexibility index (Phi) is 3.31. The van der Waals surface area contributed by atoms with E-state index in [0.717, 1.165) is 24.0 Å². The maximum atomic E-state index is 11.5. The van der Waals surface area contributed by atoms with Gasteiger partial charge in [0.25, 0.3) is 0 Å². The molecular formula is C18H18O2. The average Bonchev–Trinajstić information content (AvgIpc) is 3.31. The molecule has 0 unspecified atom stereocenters. The zero-order chi connectivity index (χ0) is 14.0. The van der Waals surface area contributed by atoms with Crippen molar-refractivity contribution >= 4 is 5.97 Å². The van der Waals surface area contributed by atoms with Crippen LogP contribution in [0.2, 0.25) is 0 Å². The van der Waals surface area contributed by atoms with Crippen LogP contribution in [0.15, 0.2) is 60.7 Å². The Bertz CT molecular complexity index is 546. The van der Waals surface area contributed by atoms with Gasteiger partial charge >= 0.3 is 5.97 Å². The molecule has 1 fully saturated rings. The lowest BCUT2D eigenvalue weighted by Gasteiger charge is -2.34. The minimum absolute atomic E-state index is 0.158. The highest BCUT2D eigenvalue weighted by Crippen LogP contribution is 2.53. The van der Waals surface area contributed by atoms with Gasteiger partial charge in [0.15, 0.2) is 0 Å². The molecule has 2 aromatic carbocycles. The summed E-state index contributed by atoms with van der Waals surface area (Å²) >= 11 is 0. The number of aliphatic carboxylic acids is 1. The van der Waals surface area contributed by atoms with Crippen molar-refractivity contribution < 1.29 is 9.90 Å². The van der Waals surface area contributed by atoms with Gasteiger partial charge in [0.2, 0.25) is 0 Å². The van der Waals surface area contributed by atoms with Crippen molar-refractivity contribution in [2.24, 2.45) is 5.92 Å². The molecule has 0 radical (unpaired) electrons. The predicted molar refractivity (Wildman–Crippen MR) is 78.6 cm³/mol. The molecule has 1 aliphatic carbocycles. The molecule has 20 heavy (non-hydrogen) atoms. The predicted octanol–water partition coefficient (Wildman–Crippen LogP) is 3.86. The van der Waals surface area contributed by atoms with E-state index in [1.165, 1.54) is 0 Å². The summed E-state index contributed by atoms with van der Waals surface area (Å²) in [5.74, 6) is -0.298. The molecule has 0 atom stereocenters. The maximum Gasteiger partial charge on any atom is 0.304 e. The third kappa shape index (κ3) is 2.22. The van der Waals surface area contributed by atoms with E-state index < -0.39 is 5.97 Å². The quantitative estimate of drug-likeness (QED) is 0.892. The van der Waals surface area contributed by atoms with Gasteiger partial charge in [-0.1, -0.05) is 60.7 Å². The molecule has 0 aliphatic heterocycles. The normalized spacial score (nSPS) is 15.0. The molecule has 1 N–H and O–H groups in total. The van der Waals surface area contributed by atoms with Gasteiger partial charge in [0, 0.05) is 5.41 Å². The van der Waals surface area contributed by atoms with Crippen LogP contribution in [0.25, 0.3) is 0 Å². The molecule has 102 valence electrons. The number of carboxylic acid groups (broad SMARTS) is 1. The van der Waals surface area contributed by atoms with Crippen molar-refractivity contribution in [3.63, 3.8) is 0 Å². The van der Waals surface area contributed by atoms with E-state index in [1.54, 1.807) is 0 Å². The van der Waals surface area contributed by atoms with E-state index in [-0.39, 0.29) is 11.8 Å². The molecule has 2 aromatic rings. The van der Waals surface area contributed by atoms with Gasteiger partial charge in [-0.2, -0.15) is 0 Å². The minimum Gasteiger partial charge on any atom is -0.481 e. The summed E-state index contributed by atoms with van der Waals surface area (Å²) in [5.41, 5.74) is 1.86. The van der Waals surface area contributed by atoms with Crippen LogP contribution in [0.1, 0.15) is 30.4 Å². The van der Waals surface area contributed by atoms with E-state index in [0.29, 0.717) is 5.92 Å². The van der Waals surface area contributed by atoms with Gasteiger partial charge in [0.1, 0.15) is 0 Å². The maximum absolute atomic E-state index is 11.5. The molecular weight excluding hydrogens is 248 g/mol. The molecule has 0 amide bonds. The molecule has 1 saturated carbocycles. The van der Waals surface area contributed by atoms with Crippen molar-refractivity contribution in [2.45, 2.75) is 24.7 Å². The Morgan fingerprint density at radius 2 is 1.40 bits per heavy atom. The van der Waals surface area contributed by atoms with E-state index in [9.17, 15) is 9.90 Å². The second kappa shape index (κ2) is 5.12. The Hall–Kier alpha value is -2.09. The lowest BCUT2D eigenvalue weighted by atomic mass is 9.68. The van der Waals surface area contributed by atoms with Crippen LogP contribution in [0.4, 0.5) is 0 Å². The molecule has 0 aromatic heterocycles. The number of carbonyl (C=O) groups is 1. The number of hydrogen-bond acceptors (Lipinski definition) is 1. The number of carboxylic acids is 1. The van der Waals surface area contributed by atoms with Crippen molar-refractivity contribution in [3.8, 4) is 0 Å². The zero-order valence-electron chi connectivity index (χ0n) is 11.3. The monoisotopic (exact) mass is 266 g/mol. The Morgan fingerprint density at radius 1 is 0.950 bits per heavy atom. The molecule has 0 spiro atoms.